The normalized spacial score (nSPS) is 11.6. The van der Waals surface area contributed by atoms with Crippen LogP contribution < -0.4 is 5.32 Å². The summed E-state index contributed by atoms with van der Waals surface area (Å²) in [4.78, 5) is 19.0. The topological polar surface area (TPSA) is 85.9 Å². The number of fused-ring (bicyclic) bond motifs is 1. The number of nitro benzene ring substituents is 1. The molecule has 31 heavy (non-hydrogen) atoms. The number of benzene rings is 2. The van der Waals surface area contributed by atoms with Crippen LogP contribution in [0.5, 0.6) is 0 Å². The van der Waals surface area contributed by atoms with E-state index in [4.69, 9.17) is 0 Å². The van der Waals surface area contributed by atoms with Gasteiger partial charge in [0.2, 0.25) is 0 Å². The number of nitrogens with zero attached hydrogens (tertiary/aromatic N) is 4. The predicted octanol–water partition coefficient (Wildman–Crippen LogP) is 5.54. The van der Waals surface area contributed by atoms with Crippen molar-refractivity contribution in [3.63, 3.8) is 0 Å². The molecule has 0 radical (unpaired) electrons. The third-order valence-electron chi connectivity index (χ3n) is 4.52. The molecule has 0 aliphatic rings. The Labute approximate surface area is 172 Å². The molecule has 4 rings (SSSR count). The van der Waals surface area contributed by atoms with Crippen LogP contribution in [-0.2, 0) is 6.18 Å². The van der Waals surface area contributed by atoms with Crippen molar-refractivity contribution in [2.24, 2.45) is 0 Å². The van der Waals surface area contributed by atoms with Crippen molar-refractivity contribution < 1.29 is 22.5 Å². The fourth-order valence-corrected chi connectivity index (χ4v) is 3.20. The quantitative estimate of drug-likeness (QED) is 0.261. The van der Waals surface area contributed by atoms with Gasteiger partial charge in [0, 0.05) is 18.2 Å². The Morgan fingerprint density at radius 2 is 1.81 bits per heavy atom. The van der Waals surface area contributed by atoms with E-state index in [1.165, 1.54) is 0 Å². The van der Waals surface area contributed by atoms with Crippen molar-refractivity contribution in [1.29, 1.82) is 0 Å². The summed E-state index contributed by atoms with van der Waals surface area (Å²) in [5.74, 6) is -0.122. The first-order valence-electron chi connectivity index (χ1n) is 8.88. The number of aryl methyl sites for hydroxylation is 1. The molecule has 0 bridgehead atoms. The molecule has 0 unspecified atom stereocenters. The van der Waals surface area contributed by atoms with E-state index < -0.39 is 28.2 Å². The maximum atomic E-state index is 14.3. The number of halogens is 4. The minimum absolute atomic E-state index is 0.116. The van der Waals surface area contributed by atoms with Crippen LogP contribution in [-0.4, -0.2) is 19.5 Å². The minimum atomic E-state index is -4.74. The number of aromatic nitrogens is 3. The zero-order chi connectivity index (χ0) is 22.3. The molecule has 2 heterocycles. The molecule has 7 nitrogen and oxygen atoms in total. The van der Waals surface area contributed by atoms with Crippen LogP contribution in [0.1, 0.15) is 11.4 Å². The number of hydrogen-bond donors (Lipinski definition) is 1. The van der Waals surface area contributed by atoms with Crippen molar-refractivity contribution in [1.82, 2.24) is 14.5 Å². The maximum Gasteiger partial charge on any atom is 0.416 e. The lowest BCUT2D eigenvalue weighted by Gasteiger charge is -2.12. The number of alkyl halides is 3. The summed E-state index contributed by atoms with van der Waals surface area (Å²) >= 11 is 0. The van der Waals surface area contributed by atoms with Crippen molar-refractivity contribution in [3.05, 3.63) is 81.9 Å². The molecule has 11 heteroatoms. The second kappa shape index (κ2) is 7.35. The highest BCUT2D eigenvalue weighted by molar-refractivity contribution is 5.78. The fourth-order valence-electron chi connectivity index (χ4n) is 3.20. The van der Waals surface area contributed by atoms with Gasteiger partial charge in [-0.25, -0.2) is 14.4 Å². The molecule has 158 valence electrons. The zero-order valence-corrected chi connectivity index (χ0v) is 15.8. The largest absolute Gasteiger partial charge is 0.416 e. The van der Waals surface area contributed by atoms with Gasteiger partial charge in [-0.2, -0.15) is 13.2 Å². The summed E-state index contributed by atoms with van der Waals surface area (Å²) in [5, 5.41) is 13.8. The lowest BCUT2D eigenvalue weighted by Crippen LogP contribution is -2.08. The van der Waals surface area contributed by atoms with Crippen molar-refractivity contribution in [3.8, 4) is 5.82 Å². The number of pyridine rings is 1. The number of imidazole rings is 1. The van der Waals surface area contributed by atoms with Crippen molar-refractivity contribution >= 4 is 28.2 Å². The Kier molecular flexibility index (Phi) is 4.80. The van der Waals surface area contributed by atoms with E-state index in [1.54, 1.807) is 35.8 Å². The standard InChI is InChI=1S/C20H13F4N5O2/c1-11-25-14-4-2-3-5-16(14)28(11)19-10-13(21)9-18(27-19)26-15-7-6-12(20(22,23)24)8-17(15)29(30)31/h2-10H,1H3,(H,26,27). The number of para-hydroxylation sites is 2. The highest BCUT2D eigenvalue weighted by Gasteiger charge is 2.33. The Morgan fingerprint density at radius 1 is 1.06 bits per heavy atom. The van der Waals surface area contributed by atoms with Gasteiger partial charge < -0.3 is 5.32 Å². The van der Waals surface area contributed by atoms with Gasteiger partial charge in [0.05, 0.1) is 21.5 Å². The summed E-state index contributed by atoms with van der Waals surface area (Å²) in [6, 6.07) is 11.3. The monoisotopic (exact) mass is 431 g/mol. The first-order chi connectivity index (χ1) is 14.6. The van der Waals surface area contributed by atoms with Gasteiger partial charge >= 0.3 is 6.18 Å². The molecular weight excluding hydrogens is 418 g/mol. The SMILES string of the molecule is Cc1nc2ccccc2n1-c1cc(F)cc(Nc2ccc(C(F)(F)F)cc2[N+](=O)[O-])n1. The average molecular weight is 431 g/mol. The Hall–Kier alpha value is -4.02. The number of nitrogens with one attached hydrogen (secondary N) is 1. The Bertz CT molecular complexity index is 1320. The molecule has 2 aromatic heterocycles. The lowest BCUT2D eigenvalue weighted by molar-refractivity contribution is -0.384. The van der Waals surface area contributed by atoms with E-state index in [0.29, 0.717) is 29.0 Å². The highest BCUT2D eigenvalue weighted by Crippen LogP contribution is 2.36. The van der Waals surface area contributed by atoms with Crippen LogP contribution in [0.3, 0.4) is 0 Å². The van der Waals surface area contributed by atoms with Gasteiger partial charge in [0.25, 0.3) is 5.69 Å². The maximum absolute atomic E-state index is 14.3. The molecule has 2 aromatic carbocycles. The fraction of sp³-hybridized carbons (Fsp3) is 0.100. The van der Waals surface area contributed by atoms with E-state index in [-0.39, 0.29) is 17.3 Å². The van der Waals surface area contributed by atoms with E-state index in [1.807, 2.05) is 0 Å². The van der Waals surface area contributed by atoms with Crippen LogP contribution in [0.4, 0.5) is 34.8 Å². The molecule has 0 saturated carbocycles. The zero-order valence-electron chi connectivity index (χ0n) is 15.8. The summed E-state index contributed by atoms with van der Waals surface area (Å²) in [6.07, 6.45) is -4.74. The van der Waals surface area contributed by atoms with E-state index >= 15 is 0 Å². The third kappa shape index (κ3) is 3.89. The summed E-state index contributed by atoms with van der Waals surface area (Å²) in [7, 11) is 0. The van der Waals surface area contributed by atoms with Gasteiger partial charge in [-0.1, -0.05) is 12.1 Å². The van der Waals surface area contributed by atoms with Gasteiger partial charge in [0.15, 0.2) is 0 Å². The van der Waals surface area contributed by atoms with Crippen molar-refractivity contribution in [2.45, 2.75) is 13.1 Å². The van der Waals surface area contributed by atoms with Crippen LogP contribution in [0.25, 0.3) is 16.9 Å². The van der Waals surface area contributed by atoms with Gasteiger partial charge in [0.1, 0.15) is 29.0 Å². The van der Waals surface area contributed by atoms with E-state index in [2.05, 4.69) is 15.3 Å². The van der Waals surface area contributed by atoms with E-state index in [0.717, 1.165) is 18.2 Å². The van der Waals surface area contributed by atoms with Crippen LogP contribution in [0, 0.1) is 22.9 Å². The number of hydrogen-bond acceptors (Lipinski definition) is 5. The lowest BCUT2D eigenvalue weighted by atomic mass is 10.1. The van der Waals surface area contributed by atoms with Gasteiger partial charge in [-0.05, 0) is 31.2 Å². The van der Waals surface area contributed by atoms with Gasteiger partial charge in [-0.3, -0.25) is 14.7 Å². The Morgan fingerprint density at radius 3 is 2.52 bits per heavy atom. The second-order valence-electron chi connectivity index (χ2n) is 6.62. The molecular formula is C20H13F4N5O2. The first kappa shape index (κ1) is 20.3. The smallest absolute Gasteiger partial charge is 0.334 e. The third-order valence-corrected chi connectivity index (χ3v) is 4.52. The molecule has 0 fully saturated rings. The summed E-state index contributed by atoms with van der Waals surface area (Å²) < 4.78 is 54.7. The molecule has 0 saturated heterocycles. The van der Waals surface area contributed by atoms with Crippen molar-refractivity contribution in [2.75, 3.05) is 5.32 Å². The molecule has 4 aromatic rings. The number of rotatable bonds is 4. The molecule has 0 amide bonds. The molecule has 0 aliphatic carbocycles. The summed E-state index contributed by atoms with van der Waals surface area (Å²) in [5.41, 5.74) is -0.900. The predicted molar refractivity (Wildman–Crippen MR) is 105 cm³/mol. The summed E-state index contributed by atoms with van der Waals surface area (Å²) in [6.45, 7) is 1.71. The molecule has 0 spiro atoms. The number of anilines is 2. The van der Waals surface area contributed by atoms with Gasteiger partial charge in [-0.15, -0.1) is 0 Å². The van der Waals surface area contributed by atoms with E-state index in [9.17, 15) is 27.7 Å². The Balaban J connectivity index is 1.78. The minimum Gasteiger partial charge on any atom is -0.334 e. The average Bonchev–Trinajstić information content (AvgIpc) is 3.02. The molecule has 0 atom stereocenters. The highest BCUT2D eigenvalue weighted by atomic mass is 19.4. The van der Waals surface area contributed by atoms with Crippen LogP contribution >= 0.6 is 0 Å². The molecule has 0 aliphatic heterocycles. The number of nitro groups is 1. The van der Waals surface area contributed by atoms with Crippen LogP contribution in [0.2, 0.25) is 0 Å². The molecule has 1 N–H and O–H groups in total. The van der Waals surface area contributed by atoms with Crippen LogP contribution in [0.15, 0.2) is 54.6 Å². The first-order valence-corrected chi connectivity index (χ1v) is 8.88. The second-order valence-corrected chi connectivity index (χ2v) is 6.62.